The van der Waals surface area contributed by atoms with E-state index in [-0.39, 0.29) is 0 Å². The molecule has 0 saturated heterocycles. The van der Waals surface area contributed by atoms with Gasteiger partial charge in [0.05, 0.1) is 11.0 Å². The number of aromatic nitrogens is 2. The molecule has 14 heavy (non-hydrogen) atoms. The minimum absolute atomic E-state index is 1.28. The quantitative estimate of drug-likeness (QED) is 0.508. The summed E-state index contributed by atoms with van der Waals surface area (Å²) in [6.07, 6.45) is 8.48. The Hall–Kier alpha value is -1.70. The summed E-state index contributed by atoms with van der Waals surface area (Å²) in [6, 6.07) is 4.43. The topological polar surface area (TPSA) is 8.82 Å². The summed E-state index contributed by atoms with van der Waals surface area (Å²) >= 11 is 0. The van der Waals surface area contributed by atoms with Crippen LogP contribution in [0.1, 0.15) is 11.1 Å². The smallest absolute Gasteiger partial charge is 0.0695 e. The van der Waals surface area contributed by atoms with Crippen molar-refractivity contribution in [3.63, 3.8) is 0 Å². The molecule has 2 nitrogen and oxygen atoms in total. The molecule has 0 radical (unpaired) electrons. The molecule has 3 aromatic rings. The van der Waals surface area contributed by atoms with E-state index in [0.29, 0.717) is 0 Å². The molecule has 0 N–H and O–H groups in total. The number of hydrogen-bond donors (Lipinski definition) is 0. The molecule has 2 heteroatoms. The first-order chi connectivity index (χ1) is 6.74. The Kier molecular flexibility index (Phi) is 1.32. The molecule has 3 rings (SSSR count). The van der Waals surface area contributed by atoms with Crippen LogP contribution in [0.25, 0.3) is 11.0 Å². The Balaban J connectivity index is 2.58. The molecule has 3 aromatic heterocycles. The molecule has 0 unspecified atom stereocenters. The molecule has 3 heterocycles. The third-order valence-corrected chi connectivity index (χ3v) is 2.62. The summed E-state index contributed by atoms with van der Waals surface area (Å²) < 4.78 is 4.34. The van der Waals surface area contributed by atoms with Crippen molar-refractivity contribution in [1.82, 2.24) is 8.80 Å². The summed E-state index contributed by atoms with van der Waals surface area (Å²) in [4.78, 5) is 0. The monoisotopic (exact) mass is 184 g/mol. The lowest BCUT2D eigenvalue weighted by molar-refractivity contribution is 1.10. The van der Waals surface area contributed by atoms with Crippen LogP contribution in [0.2, 0.25) is 0 Å². The Morgan fingerprint density at radius 1 is 0.786 bits per heavy atom. The zero-order chi connectivity index (χ0) is 9.71. The zero-order valence-electron chi connectivity index (χ0n) is 8.36. The number of hydrogen-bond acceptors (Lipinski definition) is 0. The Bertz CT molecular complexity index is 558. The fourth-order valence-corrected chi connectivity index (χ4v) is 2.04. The minimum atomic E-state index is 1.28. The van der Waals surface area contributed by atoms with Gasteiger partial charge in [0.25, 0.3) is 0 Å². The van der Waals surface area contributed by atoms with E-state index < -0.39 is 0 Å². The molecule has 0 atom stereocenters. The molecule has 0 aliphatic carbocycles. The van der Waals surface area contributed by atoms with Gasteiger partial charge in [0, 0.05) is 24.8 Å². The normalized spacial score (nSPS) is 11.6. The number of aryl methyl sites for hydroxylation is 2. The van der Waals surface area contributed by atoms with Crippen LogP contribution < -0.4 is 0 Å². The second-order valence-electron chi connectivity index (χ2n) is 3.92. The standard InChI is InChI=1S/C12H12N2/c1-9-5-11-12-6-10(2)8-14(12)4-3-13(11)7-9/h3-8H,1-2H3. The van der Waals surface area contributed by atoms with Gasteiger partial charge in [-0.1, -0.05) is 0 Å². The van der Waals surface area contributed by atoms with Gasteiger partial charge < -0.3 is 8.80 Å². The fourth-order valence-electron chi connectivity index (χ4n) is 2.04. The first kappa shape index (κ1) is 7.68. The summed E-state index contributed by atoms with van der Waals surface area (Å²) in [7, 11) is 0. The molecular weight excluding hydrogens is 172 g/mol. The summed E-state index contributed by atoms with van der Waals surface area (Å²) in [5.41, 5.74) is 5.16. The Morgan fingerprint density at radius 2 is 1.21 bits per heavy atom. The Morgan fingerprint density at radius 3 is 1.64 bits per heavy atom. The lowest BCUT2D eigenvalue weighted by atomic mass is 10.3. The van der Waals surface area contributed by atoms with Crippen LogP contribution in [0.5, 0.6) is 0 Å². The van der Waals surface area contributed by atoms with E-state index in [1.54, 1.807) is 0 Å². The molecule has 0 aliphatic heterocycles. The molecule has 70 valence electrons. The van der Waals surface area contributed by atoms with Crippen LogP contribution in [0.3, 0.4) is 0 Å². The van der Waals surface area contributed by atoms with Crippen LogP contribution in [0.4, 0.5) is 0 Å². The van der Waals surface area contributed by atoms with Crippen molar-refractivity contribution in [2.45, 2.75) is 13.8 Å². The van der Waals surface area contributed by atoms with Gasteiger partial charge in [-0.2, -0.15) is 0 Å². The van der Waals surface area contributed by atoms with Gasteiger partial charge in [0.2, 0.25) is 0 Å². The summed E-state index contributed by atoms with van der Waals surface area (Å²) in [5, 5.41) is 0. The largest absolute Gasteiger partial charge is 0.320 e. The van der Waals surface area contributed by atoms with Crippen molar-refractivity contribution in [3.8, 4) is 0 Å². The van der Waals surface area contributed by atoms with Crippen LogP contribution in [-0.2, 0) is 0 Å². The van der Waals surface area contributed by atoms with E-state index in [2.05, 4.69) is 59.6 Å². The van der Waals surface area contributed by atoms with Crippen LogP contribution in [-0.4, -0.2) is 8.80 Å². The van der Waals surface area contributed by atoms with E-state index in [4.69, 9.17) is 0 Å². The summed E-state index contributed by atoms with van der Waals surface area (Å²) in [6.45, 7) is 4.25. The highest BCUT2D eigenvalue weighted by Crippen LogP contribution is 2.18. The Labute approximate surface area is 82.4 Å². The maximum absolute atomic E-state index is 2.22. The summed E-state index contributed by atoms with van der Waals surface area (Å²) in [5.74, 6) is 0. The molecule has 0 aromatic carbocycles. The molecule has 0 aliphatic rings. The average molecular weight is 184 g/mol. The van der Waals surface area contributed by atoms with E-state index in [1.165, 1.54) is 22.2 Å². The second-order valence-corrected chi connectivity index (χ2v) is 3.92. The number of fused-ring (bicyclic) bond motifs is 3. The van der Waals surface area contributed by atoms with Crippen LogP contribution in [0.15, 0.2) is 36.9 Å². The third kappa shape index (κ3) is 0.909. The maximum atomic E-state index is 2.22. The van der Waals surface area contributed by atoms with Crippen molar-refractivity contribution >= 4 is 11.0 Å². The van der Waals surface area contributed by atoms with Crippen LogP contribution >= 0.6 is 0 Å². The van der Waals surface area contributed by atoms with Gasteiger partial charge in [-0.25, -0.2) is 0 Å². The van der Waals surface area contributed by atoms with E-state index in [0.717, 1.165) is 0 Å². The maximum Gasteiger partial charge on any atom is 0.0695 e. The zero-order valence-corrected chi connectivity index (χ0v) is 8.36. The van der Waals surface area contributed by atoms with Crippen molar-refractivity contribution in [2.75, 3.05) is 0 Å². The average Bonchev–Trinajstić information content (AvgIpc) is 2.65. The lowest BCUT2D eigenvalue weighted by Gasteiger charge is -1.97. The van der Waals surface area contributed by atoms with Gasteiger partial charge in [0.1, 0.15) is 0 Å². The fraction of sp³-hybridized carbons (Fsp3) is 0.167. The molecule has 0 fully saturated rings. The molecule has 0 saturated carbocycles. The van der Waals surface area contributed by atoms with E-state index >= 15 is 0 Å². The van der Waals surface area contributed by atoms with Crippen molar-refractivity contribution < 1.29 is 0 Å². The number of rotatable bonds is 0. The van der Waals surface area contributed by atoms with Crippen molar-refractivity contribution in [3.05, 3.63) is 48.0 Å². The van der Waals surface area contributed by atoms with Gasteiger partial charge in [-0.15, -0.1) is 0 Å². The predicted octanol–water partition coefficient (Wildman–Crippen LogP) is 2.81. The van der Waals surface area contributed by atoms with Gasteiger partial charge in [-0.05, 0) is 37.1 Å². The lowest BCUT2D eigenvalue weighted by Crippen LogP contribution is -1.87. The van der Waals surface area contributed by atoms with E-state index in [9.17, 15) is 0 Å². The highest BCUT2D eigenvalue weighted by Gasteiger charge is 2.02. The molecule has 0 bridgehead atoms. The van der Waals surface area contributed by atoms with Gasteiger partial charge >= 0.3 is 0 Å². The molecule has 0 spiro atoms. The molecule has 0 amide bonds. The highest BCUT2D eigenvalue weighted by molar-refractivity contribution is 5.77. The van der Waals surface area contributed by atoms with Crippen LogP contribution in [0, 0.1) is 13.8 Å². The minimum Gasteiger partial charge on any atom is -0.320 e. The highest BCUT2D eigenvalue weighted by atomic mass is 15.0. The first-order valence-electron chi connectivity index (χ1n) is 4.80. The SMILES string of the molecule is Cc1cc2c3cc(C)cn3ccn2c1. The van der Waals surface area contributed by atoms with Crippen molar-refractivity contribution in [2.24, 2.45) is 0 Å². The molecular formula is C12H12N2. The second kappa shape index (κ2) is 2.41. The van der Waals surface area contributed by atoms with E-state index in [1.807, 2.05) is 0 Å². The number of nitrogens with zero attached hydrogens (tertiary/aromatic N) is 2. The van der Waals surface area contributed by atoms with Gasteiger partial charge in [0.15, 0.2) is 0 Å². The van der Waals surface area contributed by atoms with Crippen molar-refractivity contribution in [1.29, 1.82) is 0 Å². The first-order valence-corrected chi connectivity index (χ1v) is 4.80. The van der Waals surface area contributed by atoms with Gasteiger partial charge in [-0.3, -0.25) is 0 Å². The predicted molar refractivity (Wildman–Crippen MR) is 57.8 cm³/mol. The third-order valence-electron chi connectivity index (χ3n) is 2.62.